The van der Waals surface area contributed by atoms with Crippen molar-refractivity contribution in [3.05, 3.63) is 31.0 Å². The third-order valence-electron chi connectivity index (χ3n) is 2.40. The van der Waals surface area contributed by atoms with Gasteiger partial charge in [0.15, 0.2) is 0 Å². The SMILES string of the molecule is COC(=O)c1cc(C)c(-c2sc(I)cc2C)s1. The lowest BCUT2D eigenvalue weighted by molar-refractivity contribution is 0.0606. The maximum atomic E-state index is 11.5. The van der Waals surface area contributed by atoms with Crippen molar-refractivity contribution < 1.29 is 9.53 Å². The largest absolute Gasteiger partial charge is 0.465 e. The third-order valence-corrected chi connectivity index (χ3v) is 5.78. The first kappa shape index (κ1) is 13.0. The van der Waals surface area contributed by atoms with Crippen LogP contribution in [0.2, 0.25) is 0 Å². The molecule has 0 saturated heterocycles. The maximum Gasteiger partial charge on any atom is 0.348 e. The number of hydrogen-bond acceptors (Lipinski definition) is 4. The molecular weight excluding hydrogens is 367 g/mol. The van der Waals surface area contributed by atoms with Crippen LogP contribution in [0.5, 0.6) is 0 Å². The molecule has 90 valence electrons. The van der Waals surface area contributed by atoms with Gasteiger partial charge in [0.05, 0.1) is 9.99 Å². The van der Waals surface area contributed by atoms with Gasteiger partial charge in [0.2, 0.25) is 0 Å². The molecule has 2 aromatic heterocycles. The van der Waals surface area contributed by atoms with Crippen LogP contribution in [0.15, 0.2) is 12.1 Å². The lowest BCUT2D eigenvalue weighted by Crippen LogP contribution is -1.96. The summed E-state index contributed by atoms with van der Waals surface area (Å²) in [6.07, 6.45) is 0. The number of aryl methyl sites for hydroxylation is 2. The van der Waals surface area contributed by atoms with Crippen molar-refractivity contribution in [1.29, 1.82) is 0 Å². The van der Waals surface area contributed by atoms with Gasteiger partial charge in [-0.1, -0.05) is 0 Å². The van der Waals surface area contributed by atoms with E-state index in [0.29, 0.717) is 4.88 Å². The molecule has 2 nitrogen and oxygen atoms in total. The van der Waals surface area contributed by atoms with Crippen LogP contribution in [0.1, 0.15) is 20.8 Å². The Morgan fingerprint density at radius 1 is 1.18 bits per heavy atom. The van der Waals surface area contributed by atoms with Crippen LogP contribution in [0.25, 0.3) is 9.75 Å². The molecule has 0 amide bonds. The van der Waals surface area contributed by atoms with Crippen LogP contribution in [0, 0.1) is 16.7 Å². The van der Waals surface area contributed by atoms with E-state index in [1.165, 1.54) is 36.6 Å². The molecule has 0 spiro atoms. The van der Waals surface area contributed by atoms with E-state index in [1.54, 1.807) is 11.3 Å². The number of ether oxygens (including phenoxy) is 1. The Balaban J connectivity index is 2.49. The number of carbonyl (C=O) groups excluding carboxylic acids is 1. The average Bonchev–Trinajstić information content (AvgIpc) is 2.80. The highest BCUT2D eigenvalue weighted by atomic mass is 127. The molecule has 0 radical (unpaired) electrons. The molecule has 0 N–H and O–H groups in total. The lowest BCUT2D eigenvalue weighted by atomic mass is 10.2. The molecule has 17 heavy (non-hydrogen) atoms. The van der Waals surface area contributed by atoms with Crippen LogP contribution in [0.3, 0.4) is 0 Å². The van der Waals surface area contributed by atoms with Crippen molar-refractivity contribution in [2.75, 3.05) is 7.11 Å². The molecule has 0 unspecified atom stereocenters. The minimum atomic E-state index is -0.256. The summed E-state index contributed by atoms with van der Waals surface area (Å²) in [6.45, 7) is 4.13. The summed E-state index contributed by atoms with van der Waals surface area (Å²) in [7, 11) is 1.41. The van der Waals surface area contributed by atoms with Crippen molar-refractivity contribution in [3.8, 4) is 9.75 Å². The van der Waals surface area contributed by atoms with E-state index >= 15 is 0 Å². The molecule has 2 rings (SSSR count). The first-order valence-corrected chi connectivity index (χ1v) is 7.69. The van der Waals surface area contributed by atoms with Gasteiger partial charge < -0.3 is 4.74 Å². The molecule has 0 fully saturated rings. The first-order valence-electron chi connectivity index (χ1n) is 4.98. The topological polar surface area (TPSA) is 26.3 Å². The summed E-state index contributed by atoms with van der Waals surface area (Å²) in [5.41, 5.74) is 2.40. The average molecular weight is 378 g/mol. The number of thiophene rings is 2. The van der Waals surface area contributed by atoms with Gasteiger partial charge in [0.25, 0.3) is 0 Å². The third kappa shape index (κ3) is 2.56. The van der Waals surface area contributed by atoms with Gasteiger partial charge in [-0.05, 0) is 59.7 Å². The Kier molecular flexibility index (Phi) is 3.89. The van der Waals surface area contributed by atoms with Crippen LogP contribution in [0.4, 0.5) is 0 Å². The van der Waals surface area contributed by atoms with E-state index in [-0.39, 0.29) is 5.97 Å². The number of esters is 1. The predicted octanol–water partition coefficient (Wildman–Crippen LogP) is 4.48. The van der Waals surface area contributed by atoms with Crippen molar-refractivity contribution >= 4 is 51.2 Å². The first-order chi connectivity index (χ1) is 8.02. The van der Waals surface area contributed by atoms with Crippen LogP contribution < -0.4 is 0 Å². The van der Waals surface area contributed by atoms with E-state index < -0.39 is 0 Å². The summed E-state index contributed by atoms with van der Waals surface area (Å²) in [4.78, 5) is 14.6. The molecule has 0 aliphatic carbocycles. The second-order valence-corrected chi connectivity index (χ2v) is 7.68. The minimum absolute atomic E-state index is 0.256. The van der Waals surface area contributed by atoms with E-state index in [4.69, 9.17) is 4.74 Å². The van der Waals surface area contributed by atoms with E-state index in [2.05, 4.69) is 35.6 Å². The Morgan fingerprint density at radius 3 is 2.29 bits per heavy atom. The van der Waals surface area contributed by atoms with Crippen molar-refractivity contribution in [2.45, 2.75) is 13.8 Å². The standard InChI is InChI=1S/C12H11IO2S2/c1-6-4-8(12(14)15-3)16-10(6)11-7(2)5-9(13)17-11/h4-5H,1-3H3. The number of rotatable bonds is 2. The summed E-state index contributed by atoms with van der Waals surface area (Å²) in [5, 5.41) is 0. The second-order valence-electron chi connectivity index (χ2n) is 3.68. The number of carbonyl (C=O) groups is 1. The van der Waals surface area contributed by atoms with Gasteiger partial charge in [-0.15, -0.1) is 22.7 Å². The molecule has 0 aliphatic rings. The Bertz CT molecular complexity index is 569. The lowest BCUT2D eigenvalue weighted by Gasteiger charge is -1.96. The fraction of sp³-hybridized carbons (Fsp3) is 0.250. The molecule has 0 aromatic carbocycles. The molecule has 2 heterocycles. The molecule has 5 heteroatoms. The van der Waals surface area contributed by atoms with E-state index in [1.807, 2.05) is 13.0 Å². The zero-order chi connectivity index (χ0) is 12.6. The number of halogens is 1. The van der Waals surface area contributed by atoms with Crippen LogP contribution in [-0.4, -0.2) is 13.1 Å². The summed E-state index contributed by atoms with van der Waals surface area (Å²) >= 11 is 5.59. The predicted molar refractivity (Wildman–Crippen MR) is 81.2 cm³/mol. The number of hydrogen-bond donors (Lipinski definition) is 0. The zero-order valence-electron chi connectivity index (χ0n) is 9.67. The van der Waals surface area contributed by atoms with Gasteiger partial charge in [-0.2, -0.15) is 0 Å². The second kappa shape index (κ2) is 5.07. The summed E-state index contributed by atoms with van der Waals surface area (Å²) in [6, 6.07) is 4.06. The monoisotopic (exact) mass is 378 g/mol. The Morgan fingerprint density at radius 2 is 1.76 bits per heavy atom. The van der Waals surface area contributed by atoms with Gasteiger partial charge in [-0.25, -0.2) is 4.79 Å². The molecule has 0 bridgehead atoms. The molecule has 0 atom stereocenters. The van der Waals surface area contributed by atoms with E-state index in [9.17, 15) is 4.79 Å². The molecule has 0 saturated carbocycles. The zero-order valence-corrected chi connectivity index (χ0v) is 13.5. The van der Waals surface area contributed by atoms with Gasteiger partial charge in [-0.3, -0.25) is 0 Å². The van der Waals surface area contributed by atoms with Gasteiger partial charge >= 0.3 is 5.97 Å². The maximum absolute atomic E-state index is 11.5. The number of methoxy groups -OCH3 is 1. The van der Waals surface area contributed by atoms with Crippen molar-refractivity contribution in [3.63, 3.8) is 0 Å². The summed E-state index contributed by atoms with van der Waals surface area (Å²) in [5.74, 6) is -0.256. The summed E-state index contributed by atoms with van der Waals surface area (Å²) < 4.78 is 6.02. The highest BCUT2D eigenvalue weighted by molar-refractivity contribution is 14.1. The minimum Gasteiger partial charge on any atom is -0.465 e. The van der Waals surface area contributed by atoms with Crippen molar-refractivity contribution in [2.24, 2.45) is 0 Å². The van der Waals surface area contributed by atoms with Gasteiger partial charge in [0, 0.05) is 9.75 Å². The molecule has 0 aliphatic heterocycles. The fourth-order valence-electron chi connectivity index (χ4n) is 1.58. The highest BCUT2D eigenvalue weighted by Gasteiger charge is 2.16. The molecular formula is C12H11IO2S2. The quantitative estimate of drug-likeness (QED) is 0.569. The van der Waals surface area contributed by atoms with Crippen molar-refractivity contribution in [1.82, 2.24) is 0 Å². The molecule has 2 aromatic rings. The van der Waals surface area contributed by atoms with E-state index in [0.717, 1.165) is 5.56 Å². The van der Waals surface area contributed by atoms with Gasteiger partial charge in [0.1, 0.15) is 4.88 Å². The van der Waals surface area contributed by atoms with Crippen LogP contribution in [-0.2, 0) is 4.74 Å². The fourth-order valence-corrected chi connectivity index (χ4v) is 4.96. The Hall–Kier alpha value is -0.400. The smallest absolute Gasteiger partial charge is 0.348 e. The normalized spacial score (nSPS) is 10.6. The Labute approximate surface area is 122 Å². The highest BCUT2D eigenvalue weighted by Crippen LogP contribution is 2.39. The van der Waals surface area contributed by atoms with Crippen LogP contribution >= 0.6 is 45.3 Å².